The molecule has 1 aromatic carbocycles. The van der Waals surface area contributed by atoms with Crippen LogP contribution >= 0.6 is 0 Å². The number of sulfonamides is 1. The minimum Gasteiger partial charge on any atom is -0.480 e. The fourth-order valence-corrected chi connectivity index (χ4v) is 4.87. The summed E-state index contributed by atoms with van der Waals surface area (Å²) in [4.78, 5) is 22.1. The fourth-order valence-electron chi connectivity index (χ4n) is 3.23. The Morgan fingerprint density at radius 1 is 1.33 bits per heavy atom. The number of rotatable bonds is 6. The lowest BCUT2D eigenvalue weighted by atomic mass is 9.87. The smallest absolute Gasteiger partial charge is 0.324 e. The third kappa shape index (κ3) is 3.84. The number of carboxylic acid groups (broad SMARTS) is 1. The Morgan fingerprint density at radius 3 is 2.50 bits per heavy atom. The molecule has 132 valence electrons. The molecule has 1 aliphatic rings. The monoisotopic (exact) mass is 356 g/mol. The van der Waals surface area contributed by atoms with Crippen LogP contribution in [0.4, 0.5) is 11.4 Å². The summed E-state index contributed by atoms with van der Waals surface area (Å²) >= 11 is 0. The Bertz CT molecular complexity index is 740. The van der Waals surface area contributed by atoms with Gasteiger partial charge in [0.25, 0.3) is 5.69 Å². The molecule has 9 heteroatoms. The normalized spacial score (nSPS) is 17.2. The van der Waals surface area contributed by atoms with Gasteiger partial charge in [-0.15, -0.1) is 0 Å². The van der Waals surface area contributed by atoms with E-state index < -0.39 is 32.1 Å². The van der Waals surface area contributed by atoms with E-state index in [0.29, 0.717) is 18.4 Å². The number of anilines is 1. The predicted octanol–water partition coefficient (Wildman–Crippen LogP) is 2.68. The van der Waals surface area contributed by atoms with Crippen molar-refractivity contribution in [2.24, 2.45) is 5.92 Å². The van der Waals surface area contributed by atoms with Crippen molar-refractivity contribution in [3.05, 3.63) is 33.9 Å². The minimum atomic E-state index is -4.30. The molecule has 1 saturated carbocycles. The van der Waals surface area contributed by atoms with Crippen LogP contribution in [0.2, 0.25) is 0 Å². The summed E-state index contributed by atoms with van der Waals surface area (Å²) in [5.74, 6) is -1.91. The highest BCUT2D eigenvalue weighted by atomic mass is 32.2. The first-order valence-corrected chi connectivity index (χ1v) is 9.27. The highest BCUT2D eigenvalue weighted by Gasteiger charge is 2.41. The molecular formula is C15H20N2O6S. The number of aliphatic carboxylic acids is 1. The Labute approximate surface area is 140 Å². The van der Waals surface area contributed by atoms with Crippen LogP contribution in [0.5, 0.6) is 0 Å². The number of nitrogens with one attached hydrogen (secondary N) is 1. The molecular weight excluding hydrogens is 336 g/mol. The molecule has 0 amide bonds. The van der Waals surface area contributed by atoms with Gasteiger partial charge < -0.3 is 5.11 Å². The van der Waals surface area contributed by atoms with Gasteiger partial charge in [-0.2, -0.15) is 0 Å². The molecule has 0 unspecified atom stereocenters. The molecule has 0 radical (unpaired) electrons. The summed E-state index contributed by atoms with van der Waals surface area (Å²) in [5.41, 5.74) is -0.277. The highest BCUT2D eigenvalue weighted by Crippen LogP contribution is 2.33. The second-order valence-corrected chi connectivity index (χ2v) is 7.83. The molecule has 0 aromatic heterocycles. The number of benzene rings is 1. The lowest BCUT2D eigenvalue weighted by Gasteiger charge is -2.27. The number of hydrogen-bond acceptors (Lipinski definition) is 5. The first-order chi connectivity index (χ1) is 11.2. The van der Waals surface area contributed by atoms with Crippen LogP contribution < -0.4 is 4.72 Å². The predicted molar refractivity (Wildman–Crippen MR) is 88.4 cm³/mol. The largest absolute Gasteiger partial charge is 0.480 e. The van der Waals surface area contributed by atoms with Gasteiger partial charge in [-0.05, 0) is 31.7 Å². The van der Waals surface area contributed by atoms with Gasteiger partial charge in [0.2, 0.25) is 10.0 Å². The summed E-state index contributed by atoms with van der Waals surface area (Å²) in [6, 6.07) is 4.24. The van der Waals surface area contributed by atoms with Crippen LogP contribution in [-0.4, -0.2) is 29.7 Å². The maximum atomic E-state index is 12.6. The number of para-hydroxylation sites is 1. The third-order valence-corrected chi connectivity index (χ3v) is 6.09. The molecule has 1 fully saturated rings. The number of aryl methyl sites for hydroxylation is 1. The topological polar surface area (TPSA) is 127 Å². The SMILES string of the molecule is Cc1cccc(NS(=O)(=O)[C@H](C(=O)O)C2CCCCC2)c1[N+](=O)[O-]. The summed E-state index contributed by atoms with van der Waals surface area (Å²) in [5, 5.41) is 19.0. The van der Waals surface area contributed by atoms with Crippen LogP contribution in [0.3, 0.4) is 0 Å². The quantitative estimate of drug-likeness (QED) is 0.596. The molecule has 1 aliphatic carbocycles. The van der Waals surface area contributed by atoms with E-state index in [0.717, 1.165) is 19.3 Å². The molecule has 0 saturated heterocycles. The highest BCUT2D eigenvalue weighted by molar-refractivity contribution is 7.94. The average Bonchev–Trinajstić information content (AvgIpc) is 2.46. The molecule has 1 aromatic rings. The molecule has 2 rings (SSSR count). The zero-order chi connectivity index (χ0) is 17.9. The van der Waals surface area contributed by atoms with E-state index in [1.54, 1.807) is 0 Å². The van der Waals surface area contributed by atoms with E-state index >= 15 is 0 Å². The van der Waals surface area contributed by atoms with Gasteiger partial charge in [-0.25, -0.2) is 8.42 Å². The van der Waals surface area contributed by atoms with E-state index in [2.05, 4.69) is 4.72 Å². The van der Waals surface area contributed by atoms with Crippen molar-refractivity contribution in [3.8, 4) is 0 Å². The number of hydrogen-bond donors (Lipinski definition) is 2. The number of nitro benzene ring substituents is 1. The van der Waals surface area contributed by atoms with E-state index in [1.807, 2.05) is 0 Å². The Kier molecular flexibility index (Phi) is 5.43. The van der Waals surface area contributed by atoms with Gasteiger partial charge >= 0.3 is 5.97 Å². The molecule has 0 aliphatic heterocycles. The minimum absolute atomic E-state index is 0.206. The van der Waals surface area contributed by atoms with Crippen molar-refractivity contribution >= 4 is 27.4 Å². The Hall–Kier alpha value is -2.16. The van der Waals surface area contributed by atoms with Crippen LogP contribution in [0, 0.1) is 23.0 Å². The van der Waals surface area contributed by atoms with Gasteiger partial charge in [-0.1, -0.05) is 31.4 Å². The number of nitro groups is 1. The maximum Gasteiger partial charge on any atom is 0.324 e. The zero-order valence-corrected chi connectivity index (χ0v) is 14.1. The third-order valence-electron chi connectivity index (χ3n) is 4.33. The van der Waals surface area contributed by atoms with Gasteiger partial charge in [0, 0.05) is 5.56 Å². The lowest BCUT2D eigenvalue weighted by Crippen LogP contribution is -2.41. The van der Waals surface area contributed by atoms with Crippen LogP contribution in [0.1, 0.15) is 37.7 Å². The van der Waals surface area contributed by atoms with E-state index in [9.17, 15) is 28.4 Å². The summed E-state index contributed by atoms with van der Waals surface area (Å²) < 4.78 is 27.4. The molecule has 2 N–H and O–H groups in total. The molecule has 1 atom stereocenters. The van der Waals surface area contributed by atoms with Crippen LogP contribution in [-0.2, 0) is 14.8 Å². The van der Waals surface area contributed by atoms with Crippen molar-refractivity contribution in [2.45, 2.75) is 44.3 Å². The molecule has 24 heavy (non-hydrogen) atoms. The molecule has 8 nitrogen and oxygen atoms in total. The Balaban J connectivity index is 2.37. The van der Waals surface area contributed by atoms with Gasteiger partial charge in [0.1, 0.15) is 5.69 Å². The van der Waals surface area contributed by atoms with E-state index in [-0.39, 0.29) is 11.4 Å². The summed E-state index contributed by atoms with van der Waals surface area (Å²) in [6.07, 6.45) is 3.57. The van der Waals surface area contributed by atoms with Crippen LogP contribution in [0.25, 0.3) is 0 Å². The second-order valence-electron chi connectivity index (χ2n) is 6.03. The molecule has 0 bridgehead atoms. The average molecular weight is 356 g/mol. The second kappa shape index (κ2) is 7.16. The van der Waals surface area contributed by atoms with Crippen molar-refractivity contribution in [1.82, 2.24) is 0 Å². The van der Waals surface area contributed by atoms with Gasteiger partial charge in [0.15, 0.2) is 5.25 Å². The number of carboxylic acids is 1. The van der Waals surface area contributed by atoms with Crippen molar-refractivity contribution in [3.63, 3.8) is 0 Å². The maximum absolute atomic E-state index is 12.6. The number of nitrogens with zero attached hydrogens (tertiary/aromatic N) is 1. The van der Waals surface area contributed by atoms with Crippen molar-refractivity contribution in [2.75, 3.05) is 4.72 Å². The van der Waals surface area contributed by atoms with Crippen molar-refractivity contribution in [1.29, 1.82) is 0 Å². The fraction of sp³-hybridized carbons (Fsp3) is 0.533. The van der Waals surface area contributed by atoms with E-state index in [4.69, 9.17) is 0 Å². The van der Waals surface area contributed by atoms with Gasteiger partial charge in [0.05, 0.1) is 4.92 Å². The molecule has 0 spiro atoms. The van der Waals surface area contributed by atoms with Gasteiger partial charge in [-0.3, -0.25) is 19.6 Å². The van der Waals surface area contributed by atoms with E-state index in [1.165, 1.54) is 25.1 Å². The van der Waals surface area contributed by atoms with Crippen molar-refractivity contribution < 1.29 is 23.2 Å². The summed E-state index contributed by atoms with van der Waals surface area (Å²) in [7, 11) is -4.30. The first-order valence-electron chi connectivity index (χ1n) is 7.72. The Morgan fingerprint density at radius 2 is 1.96 bits per heavy atom. The first kappa shape index (κ1) is 18.2. The number of carbonyl (C=O) groups is 1. The standard InChI is InChI=1S/C15H20N2O6S/c1-10-6-5-9-12(13(10)17(20)21)16-24(22,23)14(15(18)19)11-7-3-2-4-8-11/h5-6,9,11,14,16H,2-4,7-8H2,1H3,(H,18,19)/t14-/m0/s1. The van der Waals surface area contributed by atoms with Crippen LogP contribution in [0.15, 0.2) is 18.2 Å². The molecule has 0 heterocycles. The summed E-state index contributed by atoms with van der Waals surface area (Å²) in [6.45, 7) is 1.49. The lowest BCUT2D eigenvalue weighted by molar-refractivity contribution is -0.384. The zero-order valence-electron chi connectivity index (χ0n) is 13.3.